The molecule has 0 bridgehead atoms. The van der Waals surface area contributed by atoms with Crippen LogP contribution in [0.25, 0.3) is 0 Å². The maximum absolute atomic E-state index is 12.1. The van der Waals surface area contributed by atoms with Crippen LogP contribution in [0.2, 0.25) is 0 Å². The van der Waals surface area contributed by atoms with E-state index >= 15 is 0 Å². The van der Waals surface area contributed by atoms with Crippen molar-refractivity contribution < 1.29 is 22.7 Å². The van der Waals surface area contributed by atoms with Crippen LogP contribution in [0.1, 0.15) is 6.42 Å². The van der Waals surface area contributed by atoms with Crippen molar-refractivity contribution in [1.82, 2.24) is 0 Å². The third kappa shape index (κ3) is 0.852. The number of alkyl halides is 1. The molecule has 1 N–H and O–H groups in total. The highest BCUT2D eigenvalue weighted by Crippen LogP contribution is 2.34. The minimum Gasteiger partial charge on any atom is -0.480 e. The summed E-state index contributed by atoms with van der Waals surface area (Å²) in [6.45, 7) is -1.33. The number of rotatable bonds is 2. The Labute approximate surface area is 62.9 Å². The number of hydrogen-bond acceptors (Lipinski definition) is 3. The molecule has 0 aromatic heterocycles. The normalized spacial score (nSPS) is 34.3. The molecular formula is C5H7FO4S. The molecule has 11 heavy (non-hydrogen) atoms. The molecule has 6 heteroatoms. The quantitative estimate of drug-likeness (QED) is 0.630. The van der Waals surface area contributed by atoms with Crippen molar-refractivity contribution in [2.75, 3.05) is 12.4 Å². The van der Waals surface area contributed by atoms with Crippen LogP contribution in [0, 0.1) is 0 Å². The van der Waals surface area contributed by atoms with Gasteiger partial charge in [-0.1, -0.05) is 0 Å². The molecule has 64 valence electrons. The molecule has 4 nitrogen and oxygen atoms in total. The molecule has 1 unspecified atom stereocenters. The van der Waals surface area contributed by atoms with Crippen molar-refractivity contribution in [2.24, 2.45) is 0 Å². The van der Waals surface area contributed by atoms with E-state index < -0.39 is 27.2 Å². The smallest absolute Gasteiger partial charge is 0.327 e. The van der Waals surface area contributed by atoms with Crippen LogP contribution in [0.15, 0.2) is 0 Å². The summed E-state index contributed by atoms with van der Waals surface area (Å²) >= 11 is 0. The van der Waals surface area contributed by atoms with Crippen molar-refractivity contribution in [3.05, 3.63) is 0 Å². The monoisotopic (exact) mass is 182 g/mol. The summed E-state index contributed by atoms with van der Waals surface area (Å²) in [6.07, 6.45) is -0.110. The average molecular weight is 182 g/mol. The first kappa shape index (κ1) is 8.45. The van der Waals surface area contributed by atoms with Gasteiger partial charge in [0.1, 0.15) is 6.67 Å². The molecule has 1 heterocycles. The second-order valence-electron chi connectivity index (χ2n) is 2.50. The van der Waals surface area contributed by atoms with Gasteiger partial charge in [-0.05, 0) is 6.42 Å². The van der Waals surface area contributed by atoms with Gasteiger partial charge < -0.3 is 5.11 Å². The second kappa shape index (κ2) is 2.17. The van der Waals surface area contributed by atoms with E-state index in [2.05, 4.69) is 0 Å². The maximum atomic E-state index is 12.1. The Morgan fingerprint density at radius 3 is 2.18 bits per heavy atom. The molecule has 0 amide bonds. The Hall–Kier alpha value is -0.650. The van der Waals surface area contributed by atoms with Crippen LogP contribution in [-0.2, 0) is 14.6 Å². The molecule has 0 aliphatic carbocycles. The Morgan fingerprint density at radius 2 is 2.18 bits per heavy atom. The van der Waals surface area contributed by atoms with Crippen molar-refractivity contribution in [3.8, 4) is 0 Å². The van der Waals surface area contributed by atoms with E-state index in [9.17, 15) is 17.6 Å². The SMILES string of the molecule is O=C(O)C1(CF)CCS1(=O)=O. The van der Waals surface area contributed by atoms with Gasteiger partial charge in [0.05, 0.1) is 5.75 Å². The van der Waals surface area contributed by atoms with Crippen LogP contribution < -0.4 is 0 Å². The summed E-state index contributed by atoms with van der Waals surface area (Å²) < 4.78 is 31.5. The number of aliphatic carboxylic acids is 1. The highest BCUT2D eigenvalue weighted by atomic mass is 32.2. The third-order valence-electron chi connectivity index (χ3n) is 1.98. The summed E-state index contributed by atoms with van der Waals surface area (Å²) in [5, 5.41) is 8.40. The molecule has 1 rings (SSSR count). The van der Waals surface area contributed by atoms with Crippen molar-refractivity contribution in [2.45, 2.75) is 11.2 Å². The van der Waals surface area contributed by atoms with Gasteiger partial charge in [-0.25, -0.2) is 12.8 Å². The molecule has 1 saturated heterocycles. The topological polar surface area (TPSA) is 71.4 Å². The zero-order valence-corrected chi connectivity index (χ0v) is 6.40. The summed E-state index contributed by atoms with van der Waals surface area (Å²) in [7, 11) is -3.71. The Bertz CT molecular complexity index is 279. The first-order valence-corrected chi connectivity index (χ1v) is 4.63. The first-order chi connectivity index (χ1) is 4.96. The van der Waals surface area contributed by atoms with Crippen LogP contribution in [0.4, 0.5) is 4.39 Å². The second-order valence-corrected chi connectivity index (χ2v) is 4.92. The number of halogens is 1. The number of carboxylic acid groups (broad SMARTS) is 1. The van der Waals surface area contributed by atoms with Gasteiger partial charge in [-0.2, -0.15) is 0 Å². The predicted molar refractivity (Wildman–Crippen MR) is 34.7 cm³/mol. The Balaban J connectivity index is 3.06. The van der Waals surface area contributed by atoms with Crippen LogP contribution >= 0.6 is 0 Å². The maximum Gasteiger partial charge on any atom is 0.327 e. The molecule has 0 saturated carbocycles. The average Bonchev–Trinajstić information content (AvgIpc) is 1.87. The number of carboxylic acids is 1. The summed E-state index contributed by atoms with van der Waals surface area (Å²) in [6, 6.07) is 0. The summed E-state index contributed by atoms with van der Waals surface area (Å²) in [5.41, 5.74) is 0. The molecule has 1 aliphatic heterocycles. The highest BCUT2D eigenvalue weighted by molar-refractivity contribution is 7.95. The zero-order valence-electron chi connectivity index (χ0n) is 5.58. The lowest BCUT2D eigenvalue weighted by molar-refractivity contribution is -0.141. The summed E-state index contributed by atoms with van der Waals surface area (Å²) in [5.74, 6) is -1.80. The van der Waals surface area contributed by atoms with E-state index in [1.165, 1.54) is 0 Å². The van der Waals surface area contributed by atoms with E-state index in [0.717, 1.165) is 0 Å². The fourth-order valence-electron chi connectivity index (χ4n) is 0.962. The lowest BCUT2D eigenvalue weighted by atomic mass is 10.1. The van der Waals surface area contributed by atoms with Crippen LogP contribution in [-0.4, -0.2) is 36.7 Å². The molecule has 1 fully saturated rings. The fraction of sp³-hybridized carbons (Fsp3) is 0.800. The minimum absolute atomic E-state index is 0.110. The molecule has 0 aromatic rings. The van der Waals surface area contributed by atoms with Gasteiger partial charge >= 0.3 is 5.97 Å². The van der Waals surface area contributed by atoms with Gasteiger partial charge in [0.2, 0.25) is 0 Å². The third-order valence-corrected chi connectivity index (χ3v) is 4.40. The van der Waals surface area contributed by atoms with Gasteiger partial charge in [-0.15, -0.1) is 0 Å². The molecule has 1 aliphatic rings. The standard InChI is InChI=1S/C5H7FO4S/c6-3-5(4(7)8)1-2-11(5,9)10/h1-3H2,(H,7,8). The number of carbonyl (C=O) groups is 1. The number of sulfone groups is 1. The summed E-state index contributed by atoms with van der Waals surface area (Å²) in [4.78, 5) is 10.3. The van der Waals surface area contributed by atoms with Crippen LogP contribution in [0.3, 0.4) is 0 Å². The molecule has 0 aromatic carbocycles. The Morgan fingerprint density at radius 1 is 1.64 bits per heavy atom. The molecule has 1 atom stereocenters. The molecular weight excluding hydrogens is 175 g/mol. The zero-order chi connectivity index (χ0) is 8.70. The van der Waals surface area contributed by atoms with Gasteiger partial charge in [0, 0.05) is 0 Å². The predicted octanol–water partition coefficient (Wildman–Crippen LogP) is -0.402. The van der Waals surface area contributed by atoms with Crippen molar-refractivity contribution in [1.29, 1.82) is 0 Å². The molecule has 0 radical (unpaired) electrons. The van der Waals surface area contributed by atoms with E-state index in [4.69, 9.17) is 5.11 Å². The van der Waals surface area contributed by atoms with Crippen molar-refractivity contribution >= 4 is 15.8 Å². The van der Waals surface area contributed by atoms with Gasteiger partial charge in [0.25, 0.3) is 0 Å². The van der Waals surface area contributed by atoms with E-state index in [1.54, 1.807) is 0 Å². The highest BCUT2D eigenvalue weighted by Gasteiger charge is 2.58. The largest absolute Gasteiger partial charge is 0.480 e. The van der Waals surface area contributed by atoms with Crippen LogP contribution in [0.5, 0.6) is 0 Å². The molecule has 0 spiro atoms. The van der Waals surface area contributed by atoms with Gasteiger partial charge in [-0.3, -0.25) is 4.79 Å². The van der Waals surface area contributed by atoms with Gasteiger partial charge in [0.15, 0.2) is 14.6 Å². The number of hydrogen-bond donors (Lipinski definition) is 1. The lowest BCUT2D eigenvalue weighted by Gasteiger charge is -2.34. The minimum atomic E-state index is -3.71. The Kier molecular flexibility index (Phi) is 1.66. The lowest BCUT2D eigenvalue weighted by Crippen LogP contribution is -2.58. The van der Waals surface area contributed by atoms with E-state index in [-0.39, 0.29) is 12.2 Å². The fourth-order valence-corrected chi connectivity index (χ4v) is 2.42. The first-order valence-electron chi connectivity index (χ1n) is 2.98. The van der Waals surface area contributed by atoms with Crippen molar-refractivity contribution in [3.63, 3.8) is 0 Å². The van der Waals surface area contributed by atoms with E-state index in [0.29, 0.717) is 0 Å². The van der Waals surface area contributed by atoms with E-state index in [1.807, 2.05) is 0 Å².